The molecule has 11 heteroatoms. The summed E-state index contributed by atoms with van der Waals surface area (Å²) in [5.74, 6) is 0.365. The normalized spacial score (nSPS) is 11.2. The molecule has 0 unspecified atom stereocenters. The van der Waals surface area contributed by atoms with E-state index >= 15 is 0 Å². The smallest absolute Gasteiger partial charge is 0.250 e. The van der Waals surface area contributed by atoms with Crippen molar-refractivity contribution in [3.63, 3.8) is 0 Å². The number of amides is 1. The van der Waals surface area contributed by atoms with E-state index < -0.39 is 0 Å². The van der Waals surface area contributed by atoms with Crippen LogP contribution in [0.25, 0.3) is 21.6 Å². The van der Waals surface area contributed by atoms with Crippen molar-refractivity contribution in [1.82, 2.24) is 25.1 Å². The SMILES string of the molecule is Cc1cc(-c2nn3c(C)nnc3s2)ccc1NC(=S)NC(=O)/C=C/c1ccc(Cl)cc1Cl. The highest BCUT2D eigenvalue weighted by molar-refractivity contribution is 7.80. The van der Waals surface area contributed by atoms with Gasteiger partial charge in [0.2, 0.25) is 10.9 Å². The molecule has 0 aliphatic carbocycles. The van der Waals surface area contributed by atoms with Crippen molar-refractivity contribution in [3.8, 4) is 10.6 Å². The van der Waals surface area contributed by atoms with E-state index in [1.165, 1.54) is 17.4 Å². The topological polar surface area (TPSA) is 84.2 Å². The number of rotatable bonds is 4. The van der Waals surface area contributed by atoms with E-state index in [1.54, 1.807) is 28.8 Å². The molecule has 0 saturated heterocycles. The van der Waals surface area contributed by atoms with Crippen molar-refractivity contribution < 1.29 is 4.79 Å². The Morgan fingerprint density at radius 3 is 2.69 bits per heavy atom. The summed E-state index contributed by atoms with van der Waals surface area (Å²) < 4.78 is 1.72. The number of hydrogen-bond donors (Lipinski definition) is 2. The molecule has 2 aromatic heterocycles. The van der Waals surface area contributed by atoms with E-state index in [9.17, 15) is 4.79 Å². The van der Waals surface area contributed by atoms with Crippen LogP contribution in [0.4, 0.5) is 5.69 Å². The number of nitrogens with zero attached hydrogens (tertiary/aromatic N) is 4. The van der Waals surface area contributed by atoms with Gasteiger partial charge in [0.05, 0.1) is 0 Å². The molecule has 0 aliphatic heterocycles. The highest BCUT2D eigenvalue weighted by atomic mass is 35.5. The summed E-state index contributed by atoms with van der Waals surface area (Å²) in [5.41, 5.74) is 3.37. The summed E-state index contributed by atoms with van der Waals surface area (Å²) in [7, 11) is 0. The molecule has 1 amide bonds. The van der Waals surface area contributed by atoms with E-state index in [4.69, 9.17) is 35.4 Å². The van der Waals surface area contributed by atoms with E-state index in [0.717, 1.165) is 32.6 Å². The first kappa shape index (κ1) is 22.3. The van der Waals surface area contributed by atoms with Crippen LogP contribution in [0.5, 0.6) is 0 Å². The molecule has 0 aliphatic rings. The van der Waals surface area contributed by atoms with Gasteiger partial charge in [0.25, 0.3) is 0 Å². The number of benzene rings is 2. The van der Waals surface area contributed by atoms with Crippen molar-refractivity contribution in [2.45, 2.75) is 13.8 Å². The van der Waals surface area contributed by atoms with Crippen LogP contribution in [0.1, 0.15) is 17.0 Å². The van der Waals surface area contributed by atoms with Gasteiger partial charge in [-0.25, -0.2) is 0 Å². The van der Waals surface area contributed by atoms with Crippen molar-refractivity contribution in [1.29, 1.82) is 0 Å². The number of anilines is 1. The number of hydrogen-bond acceptors (Lipinski definition) is 6. The lowest BCUT2D eigenvalue weighted by molar-refractivity contribution is -0.115. The number of carbonyl (C=O) groups is 1. The number of carbonyl (C=O) groups excluding carboxylic acids is 1. The van der Waals surface area contributed by atoms with Crippen molar-refractivity contribution in [2.24, 2.45) is 0 Å². The molecule has 162 valence electrons. The van der Waals surface area contributed by atoms with Crippen molar-refractivity contribution in [2.75, 3.05) is 5.32 Å². The third-order valence-electron chi connectivity index (χ3n) is 4.48. The van der Waals surface area contributed by atoms with Gasteiger partial charge < -0.3 is 5.32 Å². The molecular weight excluding hydrogens is 487 g/mol. The zero-order chi connectivity index (χ0) is 22.8. The minimum Gasteiger partial charge on any atom is -0.332 e. The zero-order valence-corrected chi connectivity index (χ0v) is 20.0. The fraction of sp³-hybridized carbons (Fsp3) is 0.0952. The molecule has 2 N–H and O–H groups in total. The van der Waals surface area contributed by atoms with E-state index in [2.05, 4.69) is 25.9 Å². The molecule has 7 nitrogen and oxygen atoms in total. The minimum atomic E-state index is -0.377. The summed E-state index contributed by atoms with van der Waals surface area (Å²) in [4.78, 5) is 12.9. The van der Waals surface area contributed by atoms with Crippen LogP contribution in [0.3, 0.4) is 0 Å². The van der Waals surface area contributed by atoms with Crippen molar-refractivity contribution >= 4 is 74.5 Å². The van der Waals surface area contributed by atoms with Gasteiger partial charge in [-0.1, -0.05) is 40.6 Å². The number of nitrogens with one attached hydrogen (secondary N) is 2. The van der Waals surface area contributed by atoms with Crippen LogP contribution < -0.4 is 10.6 Å². The average molecular weight is 503 g/mol. The third-order valence-corrected chi connectivity index (χ3v) is 6.20. The molecule has 0 spiro atoms. The molecule has 0 saturated carbocycles. The molecule has 0 radical (unpaired) electrons. The van der Waals surface area contributed by atoms with Gasteiger partial charge >= 0.3 is 0 Å². The average Bonchev–Trinajstić information content (AvgIpc) is 3.31. The number of fused-ring (bicyclic) bond motifs is 1. The second-order valence-electron chi connectivity index (χ2n) is 6.82. The summed E-state index contributed by atoms with van der Waals surface area (Å²) in [5, 5.41) is 20.3. The molecule has 4 rings (SSSR count). The Hall–Kier alpha value is -2.85. The molecule has 2 aromatic carbocycles. The van der Waals surface area contributed by atoms with Crippen LogP contribution in [-0.2, 0) is 4.79 Å². The summed E-state index contributed by atoms with van der Waals surface area (Å²) in [6.45, 7) is 3.81. The Kier molecular flexibility index (Phi) is 6.52. The molecular formula is C21H16Cl2N6OS2. The Balaban J connectivity index is 1.40. The summed E-state index contributed by atoms with van der Waals surface area (Å²) in [6, 6.07) is 10.9. The first-order valence-electron chi connectivity index (χ1n) is 9.35. The number of aryl methyl sites for hydroxylation is 2. The lowest BCUT2D eigenvalue weighted by Crippen LogP contribution is -2.33. The standard InChI is InChI=1S/C21H16Cl2N6OS2/c1-11-9-14(19-28-29-12(2)26-27-21(29)32-19)4-7-17(11)24-20(31)25-18(30)8-5-13-3-6-15(22)10-16(13)23/h3-10H,1-2H3,(H2,24,25,30,31)/b8-5+. The number of thiocarbonyl (C=S) groups is 1. The summed E-state index contributed by atoms with van der Waals surface area (Å²) in [6.07, 6.45) is 2.95. The van der Waals surface area contributed by atoms with Gasteiger partial charge in [-0.2, -0.15) is 9.61 Å². The summed E-state index contributed by atoms with van der Waals surface area (Å²) >= 11 is 18.7. The molecule has 4 aromatic rings. The molecule has 0 atom stereocenters. The number of aromatic nitrogens is 4. The van der Waals surface area contributed by atoms with E-state index in [0.29, 0.717) is 15.6 Å². The first-order chi connectivity index (χ1) is 15.3. The Bertz CT molecular complexity index is 1380. The van der Waals surface area contributed by atoms with Crippen LogP contribution in [-0.4, -0.2) is 30.8 Å². The maximum absolute atomic E-state index is 12.2. The lowest BCUT2D eigenvalue weighted by Gasteiger charge is -2.11. The zero-order valence-electron chi connectivity index (χ0n) is 16.9. The Morgan fingerprint density at radius 1 is 1.16 bits per heavy atom. The van der Waals surface area contributed by atoms with E-state index in [-0.39, 0.29) is 11.0 Å². The van der Waals surface area contributed by atoms with Crippen LogP contribution >= 0.6 is 46.8 Å². The molecule has 32 heavy (non-hydrogen) atoms. The third kappa shape index (κ3) is 4.97. The lowest BCUT2D eigenvalue weighted by atomic mass is 10.1. The Morgan fingerprint density at radius 2 is 1.97 bits per heavy atom. The predicted octanol–water partition coefficient (Wildman–Crippen LogP) is 5.30. The highest BCUT2D eigenvalue weighted by Crippen LogP contribution is 2.28. The van der Waals surface area contributed by atoms with Crippen molar-refractivity contribution in [3.05, 3.63) is 69.5 Å². The fourth-order valence-electron chi connectivity index (χ4n) is 2.88. The molecule has 2 heterocycles. The molecule has 0 fully saturated rings. The van der Waals surface area contributed by atoms with Gasteiger partial charge in [-0.15, -0.1) is 10.2 Å². The maximum Gasteiger partial charge on any atom is 0.250 e. The van der Waals surface area contributed by atoms with Crippen LogP contribution in [0.15, 0.2) is 42.5 Å². The highest BCUT2D eigenvalue weighted by Gasteiger charge is 2.12. The largest absolute Gasteiger partial charge is 0.332 e. The second-order valence-corrected chi connectivity index (χ2v) is 9.03. The van der Waals surface area contributed by atoms with Gasteiger partial charge in [-0.3, -0.25) is 10.1 Å². The molecule has 0 bridgehead atoms. The van der Waals surface area contributed by atoms with Gasteiger partial charge in [-0.05, 0) is 73.6 Å². The second kappa shape index (κ2) is 9.33. The first-order valence-corrected chi connectivity index (χ1v) is 11.3. The number of halogens is 2. The quantitative estimate of drug-likeness (QED) is 0.290. The Labute approximate surface area is 203 Å². The minimum absolute atomic E-state index is 0.187. The van der Waals surface area contributed by atoms with Gasteiger partial charge in [0, 0.05) is 27.4 Å². The van der Waals surface area contributed by atoms with E-state index in [1.807, 2.05) is 32.0 Å². The monoisotopic (exact) mass is 502 g/mol. The van der Waals surface area contributed by atoms with Crippen LogP contribution in [0, 0.1) is 13.8 Å². The van der Waals surface area contributed by atoms with Gasteiger partial charge in [0.1, 0.15) is 5.01 Å². The fourth-order valence-corrected chi connectivity index (χ4v) is 4.44. The van der Waals surface area contributed by atoms with Gasteiger partial charge in [0.15, 0.2) is 10.9 Å². The van der Waals surface area contributed by atoms with Crippen LogP contribution in [0.2, 0.25) is 10.0 Å². The predicted molar refractivity (Wildman–Crippen MR) is 133 cm³/mol. The maximum atomic E-state index is 12.2.